The van der Waals surface area contributed by atoms with Gasteiger partial charge in [0.2, 0.25) is 0 Å². The van der Waals surface area contributed by atoms with Gasteiger partial charge in [-0.3, -0.25) is 8.89 Å². The smallest absolute Gasteiger partial charge is 0.0841 e. The number of aryl methyl sites for hydroxylation is 1. The number of para-hydroxylation sites is 1. The second-order valence-corrected chi connectivity index (χ2v) is 6.49. The van der Waals surface area contributed by atoms with Gasteiger partial charge >= 0.3 is 0 Å². The average molecular weight is 279 g/mol. The normalized spacial score (nSPS) is 14.7. The van der Waals surface area contributed by atoms with Crippen LogP contribution in [0.1, 0.15) is 19.0 Å². The van der Waals surface area contributed by atoms with E-state index in [1.807, 2.05) is 23.9 Å². The van der Waals surface area contributed by atoms with Gasteiger partial charge in [0, 0.05) is 47.8 Å². The standard InChI is InChI=1S/C14H21N3OS/c1-11(8-9-19(3)18)15-10-13-12-6-4-5-7-14(12)17(2)16-13/h4-7,11,15H,8-10H2,1-3H3. The molecule has 0 saturated heterocycles. The van der Waals surface area contributed by atoms with Crippen molar-refractivity contribution in [3.8, 4) is 0 Å². The summed E-state index contributed by atoms with van der Waals surface area (Å²) in [6.07, 6.45) is 2.67. The Labute approximate surface area is 116 Å². The SMILES string of the molecule is CC(CCS(C)=O)NCc1nn(C)c2ccccc12. The molecule has 4 nitrogen and oxygen atoms in total. The van der Waals surface area contributed by atoms with Crippen LogP contribution >= 0.6 is 0 Å². The highest BCUT2D eigenvalue weighted by atomic mass is 32.2. The molecular weight excluding hydrogens is 258 g/mol. The van der Waals surface area contributed by atoms with Crippen LogP contribution in [0.15, 0.2) is 24.3 Å². The molecule has 1 aromatic carbocycles. The van der Waals surface area contributed by atoms with Crippen LogP contribution in [0.5, 0.6) is 0 Å². The molecule has 0 bridgehead atoms. The topological polar surface area (TPSA) is 46.9 Å². The van der Waals surface area contributed by atoms with Crippen LogP contribution in [0.2, 0.25) is 0 Å². The van der Waals surface area contributed by atoms with E-state index in [9.17, 15) is 4.21 Å². The third kappa shape index (κ3) is 3.64. The molecule has 2 unspecified atom stereocenters. The monoisotopic (exact) mass is 279 g/mol. The number of aromatic nitrogens is 2. The quantitative estimate of drug-likeness (QED) is 0.877. The number of rotatable bonds is 6. The van der Waals surface area contributed by atoms with Crippen molar-refractivity contribution in [1.82, 2.24) is 15.1 Å². The van der Waals surface area contributed by atoms with Crippen LogP contribution in [0.3, 0.4) is 0 Å². The van der Waals surface area contributed by atoms with E-state index in [4.69, 9.17) is 0 Å². The third-order valence-electron chi connectivity index (χ3n) is 3.29. The lowest BCUT2D eigenvalue weighted by Crippen LogP contribution is -2.27. The molecule has 1 N–H and O–H groups in total. The maximum Gasteiger partial charge on any atom is 0.0841 e. The van der Waals surface area contributed by atoms with E-state index in [1.165, 1.54) is 5.39 Å². The fourth-order valence-corrected chi connectivity index (χ4v) is 2.82. The first-order chi connectivity index (χ1) is 9.08. The predicted octanol–water partition coefficient (Wildman–Crippen LogP) is 1.82. The number of nitrogens with zero attached hydrogens (tertiary/aromatic N) is 2. The summed E-state index contributed by atoms with van der Waals surface area (Å²) in [5.41, 5.74) is 2.23. The van der Waals surface area contributed by atoms with Crippen LogP contribution in [0, 0.1) is 0 Å². The molecular formula is C14H21N3OS. The van der Waals surface area contributed by atoms with Crippen LogP contribution in [-0.4, -0.2) is 32.0 Å². The molecule has 19 heavy (non-hydrogen) atoms. The second kappa shape index (κ2) is 6.30. The molecule has 2 atom stereocenters. The van der Waals surface area contributed by atoms with Crippen molar-refractivity contribution in [3.63, 3.8) is 0 Å². The summed E-state index contributed by atoms with van der Waals surface area (Å²) in [7, 11) is 1.26. The summed E-state index contributed by atoms with van der Waals surface area (Å²) in [4.78, 5) is 0. The maximum absolute atomic E-state index is 11.1. The summed E-state index contributed by atoms with van der Waals surface area (Å²) >= 11 is 0. The molecule has 2 aromatic rings. The van der Waals surface area contributed by atoms with Gasteiger partial charge in [0.05, 0.1) is 11.2 Å². The second-order valence-electron chi connectivity index (χ2n) is 4.94. The molecule has 0 aliphatic carbocycles. The first kappa shape index (κ1) is 14.2. The summed E-state index contributed by atoms with van der Waals surface area (Å²) in [5.74, 6) is 0.747. The molecule has 5 heteroatoms. The molecule has 2 rings (SSSR count). The Morgan fingerprint density at radius 2 is 2.16 bits per heavy atom. The van der Waals surface area contributed by atoms with Gasteiger partial charge < -0.3 is 5.32 Å². The van der Waals surface area contributed by atoms with E-state index >= 15 is 0 Å². The number of nitrogens with one attached hydrogen (secondary N) is 1. The highest BCUT2D eigenvalue weighted by molar-refractivity contribution is 7.84. The molecule has 1 heterocycles. The van der Waals surface area contributed by atoms with Crippen molar-refractivity contribution in [2.24, 2.45) is 7.05 Å². The van der Waals surface area contributed by atoms with Gasteiger partial charge in [-0.2, -0.15) is 5.10 Å². The minimum absolute atomic E-state index is 0.352. The van der Waals surface area contributed by atoms with Crippen molar-refractivity contribution < 1.29 is 4.21 Å². The maximum atomic E-state index is 11.1. The summed E-state index contributed by atoms with van der Waals surface area (Å²) in [6.45, 7) is 2.87. The van der Waals surface area contributed by atoms with Gasteiger partial charge in [-0.1, -0.05) is 18.2 Å². The molecule has 0 aliphatic heterocycles. The van der Waals surface area contributed by atoms with Crippen LogP contribution in [0.25, 0.3) is 10.9 Å². The summed E-state index contributed by atoms with van der Waals surface area (Å²) in [5, 5.41) is 9.20. The Kier molecular flexibility index (Phi) is 4.71. The Balaban J connectivity index is 2.00. The van der Waals surface area contributed by atoms with E-state index in [-0.39, 0.29) is 0 Å². The molecule has 0 fully saturated rings. The molecule has 1 aromatic heterocycles. The van der Waals surface area contributed by atoms with Gasteiger partial charge in [0.1, 0.15) is 0 Å². The fourth-order valence-electron chi connectivity index (χ4n) is 2.13. The zero-order valence-corrected chi connectivity index (χ0v) is 12.5. The number of benzene rings is 1. The zero-order chi connectivity index (χ0) is 13.8. The summed E-state index contributed by atoms with van der Waals surface area (Å²) < 4.78 is 13.0. The van der Waals surface area contributed by atoms with Crippen molar-refractivity contribution in [2.45, 2.75) is 25.9 Å². The first-order valence-corrected chi connectivity index (χ1v) is 8.24. The van der Waals surface area contributed by atoms with E-state index < -0.39 is 10.8 Å². The number of hydrogen-bond donors (Lipinski definition) is 1. The minimum atomic E-state index is -0.712. The Morgan fingerprint density at radius 1 is 1.42 bits per heavy atom. The van der Waals surface area contributed by atoms with E-state index in [0.717, 1.165) is 29.9 Å². The molecule has 0 aliphatic rings. The van der Waals surface area contributed by atoms with Crippen LogP contribution in [0.4, 0.5) is 0 Å². The van der Waals surface area contributed by atoms with Crippen molar-refractivity contribution in [3.05, 3.63) is 30.0 Å². The lowest BCUT2D eigenvalue weighted by Gasteiger charge is -2.11. The number of fused-ring (bicyclic) bond motifs is 1. The average Bonchev–Trinajstić information content (AvgIpc) is 2.71. The Morgan fingerprint density at radius 3 is 2.89 bits per heavy atom. The van der Waals surface area contributed by atoms with Gasteiger partial charge in [-0.05, 0) is 19.4 Å². The third-order valence-corrected chi connectivity index (χ3v) is 4.10. The van der Waals surface area contributed by atoms with Gasteiger partial charge in [-0.25, -0.2) is 0 Å². The first-order valence-electron chi connectivity index (χ1n) is 6.52. The van der Waals surface area contributed by atoms with Crippen molar-refractivity contribution in [1.29, 1.82) is 0 Å². The van der Waals surface area contributed by atoms with Gasteiger partial charge in [0.15, 0.2) is 0 Å². The zero-order valence-electron chi connectivity index (χ0n) is 11.7. The highest BCUT2D eigenvalue weighted by Crippen LogP contribution is 2.17. The molecule has 104 valence electrons. The van der Waals surface area contributed by atoms with Crippen LogP contribution in [-0.2, 0) is 24.4 Å². The lowest BCUT2D eigenvalue weighted by molar-refractivity contribution is 0.527. The predicted molar refractivity (Wildman–Crippen MR) is 80.6 cm³/mol. The largest absolute Gasteiger partial charge is 0.309 e. The lowest BCUT2D eigenvalue weighted by atomic mass is 10.2. The Bertz CT molecular complexity index is 579. The van der Waals surface area contributed by atoms with Crippen molar-refractivity contribution in [2.75, 3.05) is 12.0 Å². The van der Waals surface area contributed by atoms with Gasteiger partial charge in [0.25, 0.3) is 0 Å². The fraction of sp³-hybridized carbons (Fsp3) is 0.500. The summed E-state index contributed by atoms with van der Waals surface area (Å²) in [6, 6.07) is 8.60. The van der Waals surface area contributed by atoms with E-state index in [2.05, 4.69) is 29.5 Å². The highest BCUT2D eigenvalue weighted by Gasteiger charge is 2.09. The van der Waals surface area contributed by atoms with Gasteiger partial charge in [-0.15, -0.1) is 0 Å². The van der Waals surface area contributed by atoms with E-state index in [0.29, 0.717) is 6.04 Å². The number of hydrogen-bond acceptors (Lipinski definition) is 3. The molecule has 0 saturated carbocycles. The van der Waals surface area contributed by atoms with E-state index in [1.54, 1.807) is 6.26 Å². The minimum Gasteiger partial charge on any atom is -0.309 e. The molecule has 0 radical (unpaired) electrons. The van der Waals surface area contributed by atoms with Crippen molar-refractivity contribution >= 4 is 21.7 Å². The molecule has 0 amide bonds. The van der Waals surface area contributed by atoms with Crippen LogP contribution < -0.4 is 5.32 Å². The Hall–Kier alpha value is -1.20. The molecule has 0 spiro atoms.